The van der Waals surface area contributed by atoms with Crippen LogP contribution in [0.5, 0.6) is 0 Å². The number of halogens is 3. The van der Waals surface area contributed by atoms with E-state index in [0.29, 0.717) is 12.5 Å². The third-order valence-corrected chi connectivity index (χ3v) is 6.35. The van der Waals surface area contributed by atoms with E-state index < -0.39 is 45.0 Å². The van der Waals surface area contributed by atoms with Crippen LogP contribution in [0.25, 0.3) is 0 Å². The van der Waals surface area contributed by atoms with Crippen LogP contribution in [-0.2, 0) is 25.5 Å². The summed E-state index contributed by atoms with van der Waals surface area (Å²) >= 11 is 0. The van der Waals surface area contributed by atoms with Crippen LogP contribution >= 0.6 is 0 Å². The fourth-order valence-electron chi connectivity index (χ4n) is 2.52. The summed E-state index contributed by atoms with van der Waals surface area (Å²) in [5.41, 5.74) is -2.57. The van der Waals surface area contributed by atoms with Crippen LogP contribution in [0.4, 0.5) is 13.2 Å². The topological polar surface area (TPSA) is 64.6 Å². The fourth-order valence-corrected chi connectivity index (χ4v) is 3.68. The normalized spacial score (nSPS) is 19.5. The van der Waals surface area contributed by atoms with Crippen molar-refractivity contribution in [1.82, 2.24) is 4.72 Å². The van der Waals surface area contributed by atoms with Gasteiger partial charge >= 0.3 is 13.3 Å². The third-order valence-electron chi connectivity index (χ3n) is 4.91. The maximum atomic E-state index is 13.3. The molecule has 1 aromatic carbocycles. The number of sulfonamides is 1. The van der Waals surface area contributed by atoms with Crippen molar-refractivity contribution in [3.8, 4) is 0 Å². The molecule has 0 aliphatic carbocycles. The first kappa shape index (κ1) is 22.2. The lowest BCUT2D eigenvalue weighted by Gasteiger charge is -2.32. The van der Waals surface area contributed by atoms with Gasteiger partial charge in [0.25, 0.3) is 0 Å². The van der Waals surface area contributed by atoms with Gasteiger partial charge in [0, 0.05) is 6.54 Å². The Labute approximate surface area is 158 Å². The van der Waals surface area contributed by atoms with E-state index in [4.69, 9.17) is 9.31 Å². The van der Waals surface area contributed by atoms with Gasteiger partial charge in [-0.15, -0.1) is 0 Å². The molecule has 0 saturated carbocycles. The highest BCUT2D eigenvalue weighted by Gasteiger charge is 2.52. The maximum Gasteiger partial charge on any atom is 0.494 e. The largest absolute Gasteiger partial charge is 0.494 e. The second-order valence-corrected chi connectivity index (χ2v) is 9.40. The Morgan fingerprint density at radius 2 is 1.63 bits per heavy atom. The molecule has 2 rings (SSSR count). The Bertz CT molecular complexity index is 778. The molecule has 0 aromatic heterocycles. The van der Waals surface area contributed by atoms with E-state index in [9.17, 15) is 21.6 Å². The van der Waals surface area contributed by atoms with E-state index in [1.165, 1.54) is 6.07 Å². The molecular formula is C17H25BF3NO4S. The van der Waals surface area contributed by atoms with Gasteiger partial charge in [-0.3, -0.25) is 0 Å². The predicted molar refractivity (Wildman–Crippen MR) is 97.3 cm³/mol. The van der Waals surface area contributed by atoms with Crippen molar-refractivity contribution in [2.45, 2.75) is 69.7 Å². The Morgan fingerprint density at radius 1 is 1.07 bits per heavy atom. The zero-order chi connectivity index (χ0) is 20.7. The second-order valence-electron chi connectivity index (χ2n) is 7.63. The first-order valence-corrected chi connectivity index (χ1v) is 10.3. The molecule has 27 heavy (non-hydrogen) atoms. The van der Waals surface area contributed by atoms with E-state index in [0.717, 1.165) is 12.5 Å². The summed E-state index contributed by atoms with van der Waals surface area (Å²) in [7, 11) is -5.18. The fraction of sp³-hybridized carbons (Fsp3) is 0.647. The summed E-state index contributed by atoms with van der Waals surface area (Å²) in [6.07, 6.45) is -3.36. The average molecular weight is 407 g/mol. The van der Waals surface area contributed by atoms with Gasteiger partial charge in [-0.2, -0.15) is 13.2 Å². The first-order valence-electron chi connectivity index (χ1n) is 8.77. The lowest BCUT2D eigenvalue weighted by atomic mass is 9.78. The van der Waals surface area contributed by atoms with Crippen molar-refractivity contribution < 1.29 is 30.9 Å². The monoisotopic (exact) mass is 407 g/mol. The molecule has 1 saturated heterocycles. The van der Waals surface area contributed by atoms with Gasteiger partial charge in [-0.1, -0.05) is 19.4 Å². The van der Waals surface area contributed by atoms with Crippen molar-refractivity contribution in [3.05, 3.63) is 23.8 Å². The van der Waals surface area contributed by atoms with Gasteiger partial charge in [-0.25, -0.2) is 13.1 Å². The highest BCUT2D eigenvalue weighted by Crippen LogP contribution is 2.37. The standard InChI is InChI=1S/C17H25BF3NO4S/c1-6-7-8-22-27(23,24)14-10-12(17(19,20)21)9-13(11-14)18-25-15(2,3)16(4,5)26-18/h9-11,22H,6-8H2,1-5H3. The number of hydrogen-bond acceptors (Lipinski definition) is 4. The molecule has 1 fully saturated rings. The van der Waals surface area contributed by atoms with E-state index in [-0.39, 0.29) is 12.0 Å². The molecule has 152 valence electrons. The van der Waals surface area contributed by atoms with E-state index in [1.54, 1.807) is 27.7 Å². The summed E-state index contributed by atoms with van der Waals surface area (Å²) in [6.45, 7) is 9.11. The third kappa shape index (κ3) is 4.85. The molecule has 1 N–H and O–H groups in total. The number of hydrogen-bond donors (Lipinski definition) is 1. The van der Waals surface area contributed by atoms with Gasteiger partial charge in [-0.05, 0) is 51.7 Å². The van der Waals surface area contributed by atoms with Crippen LogP contribution in [0.1, 0.15) is 53.0 Å². The summed E-state index contributed by atoms with van der Waals surface area (Å²) in [4.78, 5) is -0.460. The van der Waals surface area contributed by atoms with E-state index in [1.807, 2.05) is 6.92 Å². The summed E-state index contributed by atoms with van der Waals surface area (Å²) in [6, 6.07) is 2.67. The van der Waals surface area contributed by atoms with Crippen LogP contribution in [0, 0.1) is 0 Å². The van der Waals surface area contributed by atoms with Crippen molar-refractivity contribution in [2.24, 2.45) is 0 Å². The Morgan fingerprint density at radius 3 is 2.11 bits per heavy atom. The molecule has 1 aromatic rings. The SMILES string of the molecule is CCCCNS(=O)(=O)c1cc(B2OC(C)(C)C(C)(C)O2)cc(C(F)(F)F)c1. The van der Waals surface area contributed by atoms with E-state index >= 15 is 0 Å². The van der Waals surface area contributed by atoms with E-state index in [2.05, 4.69) is 4.72 Å². The molecule has 10 heteroatoms. The van der Waals surface area contributed by atoms with Gasteiger partial charge in [0.15, 0.2) is 0 Å². The number of rotatable bonds is 6. The highest BCUT2D eigenvalue weighted by atomic mass is 32.2. The molecule has 1 aliphatic rings. The molecule has 1 aliphatic heterocycles. The van der Waals surface area contributed by atoms with Crippen molar-refractivity contribution in [2.75, 3.05) is 6.54 Å². The van der Waals surface area contributed by atoms with Crippen LogP contribution in [-0.4, -0.2) is 33.3 Å². The predicted octanol–water partition coefficient (Wildman–Crippen LogP) is 3.08. The maximum absolute atomic E-state index is 13.3. The molecule has 5 nitrogen and oxygen atoms in total. The zero-order valence-electron chi connectivity index (χ0n) is 16.1. The van der Waals surface area contributed by atoms with Crippen molar-refractivity contribution in [1.29, 1.82) is 0 Å². The Balaban J connectivity index is 2.48. The van der Waals surface area contributed by atoms with Crippen LogP contribution in [0.15, 0.2) is 23.1 Å². The second kappa shape index (κ2) is 7.38. The first-order chi connectivity index (χ1) is 12.2. The lowest BCUT2D eigenvalue weighted by Crippen LogP contribution is -2.41. The molecule has 1 heterocycles. The minimum absolute atomic E-state index is 0.0133. The van der Waals surface area contributed by atoms with Crippen molar-refractivity contribution >= 4 is 22.6 Å². The zero-order valence-corrected chi connectivity index (χ0v) is 16.9. The smallest absolute Gasteiger partial charge is 0.399 e. The lowest BCUT2D eigenvalue weighted by molar-refractivity contribution is -0.137. The molecule has 0 bridgehead atoms. The molecule has 0 atom stereocenters. The van der Waals surface area contributed by atoms with Gasteiger partial charge in [0.05, 0.1) is 21.7 Å². The van der Waals surface area contributed by atoms with Gasteiger partial charge < -0.3 is 9.31 Å². The number of unbranched alkanes of at least 4 members (excludes halogenated alkanes) is 1. The molecule has 0 radical (unpaired) electrons. The average Bonchev–Trinajstić information content (AvgIpc) is 2.74. The molecule has 0 spiro atoms. The minimum atomic E-state index is -4.70. The summed E-state index contributed by atoms with van der Waals surface area (Å²) < 4.78 is 78.8. The summed E-state index contributed by atoms with van der Waals surface area (Å²) in [5, 5.41) is 0. The minimum Gasteiger partial charge on any atom is -0.399 e. The number of benzene rings is 1. The van der Waals surface area contributed by atoms with Gasteiger partial charge in [0.1, 0.15) is 0 Å². The molecular weight excluding hydrogens is 382 g/mol. The molecule has 0 amide bonds. The van der Waals surface area contributed by atoms with Gasteiger partial charge in [0.2, 0.25) is 10.0 Å². The van der Waals surface area contributed by atoms with Crippen LogP contribution < -0.4 is 10.2 Å². The highest BCUT2D eigenvalue weighted by molar-refractivity contribution is 7.89. The Hall–Kier alpha value is -1.10. The Kier molecular flexibility index (Phi) is 6.07. The van der Waals surface area contributed by atoms with Crippen molar-refractivity contribution in [3.63, 3.8) is 0 Å². The number of nitrogens with one attached hydrogen (secondary N) is 1. The quantitative estimate of drug-likeness (QED) is 0.582. The summed E-state index contributed by atoms with van der Waals surface area (Å²) in [5.74, 6) is 0. The van der Waals surface area contributed by atoms with Crippen LogP contribution in [0.3, 0.4) is 0 Å². The number of alkyl halides is 3. The van der Waals surface area contributed by atoms with Crippen LogP contribution in [0.2, 0.25) is 0 Å². The molecule has 0 unspecified atom stereocenters.